The Morgan fingerprint density at radius 1 is 1.12 bits per heavy atom. The normalized spacial score (nSPS) is 28.0. The van der Waals surface area contributed by atoms with Crippen molar-refractivity contribution in [3.63, 3.8) is 0 Å². The molecule has 0 saturated heterocycles. The molecule has 2 aliphatic carbocycles. The molecule has 0 bridgehead atoms. The predicted octanol–water partition coefficient (Wildman–Crippen LogP) is 5.47. The van der Waals surface area contributed by atoms with E-state index in [1.165, 1.54) is 22.2 Å². The number of amides is 1. The van der Waals surface area contributed by atoms with Crippen molar-refractivity contribution in [2.24, 2.45) is 0 Å². The van der Waals surface area contributed by atoms with Crippen LogP contribution in [0.5, 0.6) is 0 Å². The number of allylic oxidation sites excluding steroid dienone is 4. The largest absolute Gasteiger partial charge is 0.356 e. The molecule has 1 amide bonds. The van der Waals surface area contributed by atoms with Gasteiger partial charge in [0.15, 0.2) is 0 Å². The number of benzene rings is 1. The Kier molecular flexibility index (Phi) is 5.16. The predicted molar refractivity (Wildman–Crippen MR) is 132 cm³/mol. The van der Waals surface area contributed by atoms with E-state index >= 15 is 0 Å². The van der Waals surface area contributed by atoms with Gasteiger partial charge in [-0.2, -0.15) is 0 Å². The number of nitrogens with one attached hydrogen (secondary N) is 1. The molecule has 4 heteroatoms. The van der Waals surface area contributed by atoms with E-state index in [1.807, 2.05) is 0 Å². The third kappa shape index (κ3) is 3.27. The lowest BCUT2D eigenvalue weighted by atomic mass is 9.67. The molecule has 1 aromatic carbocycles. The Hall–Kier alpha value is -2.59. The molecule has 1 saturated carbocycles. The topological polar surface area (TPSA) is 39.3 Å². The monoisotopic (exact) mass is 429 g/mol. The Morgan fingerprint density at radius 2 is 1.88 bits per heavy atom. The molecule has 32 heavy (non-hydrogen) atoms. The van der Waals surface area contributed by atoms with Crippen LogP contribution in [-0.2, 0) is 16.8 Å². The molecule has 0 unspecified atom stereocenters. The summed E-state index contributed by atoms with van der Waals surface area (Å²) in [5.41, 5.74) is 5.79. The van der Waals surface area contributed by atoms with Crippen LogP contribution in [0.2, 0.25) is 0 Å². The molecule has 5 rings (SSSR count). The number of aromatic amines is 1. The number of hydrogen-bond donors (Lipinski definition) is 1. The molecular formula is C28H35N3O. The Morgan fingerprint density at radius 3 is 2.62 bits per heavy atom. The Labute approximate surface area is 191 Å². The molecule has 4 nitrogen and oxygen atoms in total. The van der Waals surface area contributed by atoms with Crippen LogP contribution >= 0.6 is 0 Å². The summed E-state index contributed by atoms with van der Waals surface area (Å²) >= 11 is 0. The summed E-state index contributed by atoms with van der Waals surface area (Å²) in [6, 6.07) is 8.63. The molecule has 1 fully saturated rings. The molecular weight excluding hydrogens is 394 g/mol. The molecule has 0 atom stereocenters. The Balaban J connectivity index is 1.60. The lowest BCUT2D eigenvalue weighted by Crippen LogP contribution is -2.58. The van der Waals surface area contributed by atoms with Gasteiger partial charge in [0.1, 0.15) is 0 Å². The van der Waals surface area contributed by atoms with E-state index in [1.54, 1.807) is 0 Å². The maximum atomic E-state index is 14.0. The van der Waals surface area contributed by atoms with Gasteiger partial charge in [0.05, 0.1) is 5.54 Å². The van der Waals surface area contributed by atoms with E-state index in [2.05, 4.69) is 91.3 Å². The first kappa shape index (κ1) is 21.3. The summed E-state index contributed by atoms with van der Waals surface area (Å²) in [4.78, 5) is 22.4. The van der Waals surface area contributed by atoms with E-state index in [-0.39, 0.29) is 17.0 Å². The molecule has 2 heterocycles. The van der Waals surface area contributed by atoms with Crippen molar-refractivity contribution in [2.75, 3.05) is 20.6 Å². The highest BCUT2D eigenvalue weighted by atomic mass is 16.2. The second kappa shape index (κ2) is 7.77. The van der Waals surface area contributed by atoms with Crippen molar-refractivity contribution in [1.29, 1.82) is 0 Å². The van der Waals surface area contributed by atoms with Crippen molar-refractivity contribution in [2.45, 2.75) is 63.5 Å². The summed E-state index contributed by atoms with van der Waals surface area (Å²) in [5.74, 6) is 0.186. The number of H-pyrrole nitrogens is 1. The first-order valence-electron chi connectivity index (χ1n) is 12.0. The lowest BCUT2D eigenvalue weighted by molar-refractivity contribution is -0.138. The number of fused-ring (bicyclic) bond motifs is 4. The third-order valence-electron chi connectivity index (χ3n) is 8.34. The van der Waals surface area contributed by atoms with Crippen molar-refractivity contribution in [1.82, 2.24) is 14.8 Å². The lowest BCUT2D eigenvalue weighted by Gasteiger charge is -2.54. The van der Waals surface area contributed by atoms with E-state index in [9.17, 15) is 4.79 Å². The van der Waals surface area contributed by atoms with Gasteiger partial charge in [0, 0.05) is 34.3 Å². The number of nitrogens with zero attached hydrogens (tertiary/aromatic N) is 2. The molecule has 1 spiro atoms. The van der Waals surface area contributed by atoms with Crippen molar-refractivity contribution < 1.29 is 4.79 Å². The van der Waals surface area contributed by atoms with Crippen molar-refractivity contribution in [3.8, 4) is 0 Å². The summed E-state index contributed by atoms with van der Waals surface area (Å²) in [6.07, 6.45) is 14.3. The van der Waals surface area contributed by atoms with Crippen molar-refractivity contribution in [3.05, 3.63) is 71.0 Å². The minimum absolute atomic E-state index is 0.172. The minimum atomic E-state index is -0.262. The SMILES string of the molecule is CC1=CC(C(=O)N2CCc3c([nH]c4ccccc34)C23CCC(C)(N(C)C)CC3)=CCC=C1. The number of carbonyl (C=O) groups is 1. The highest BCUT2D eigenvalue weighted by Gasteiger charge is 2.51. The highest BCUT2D eigenvalue weighted by Crippen LogP contribution is 2.51. The molecule has 168 valence electrons. The van der Waals surface area contributed by atoms with Crippen LogP contribution < -0.4 is 0 Å². The van der Waals surface area contributed by atoms with Crippen LogP contribution in [0.15, 0.2) is 59.7 Å². The first-order valence-corrected chi connectivity index (χ1v) is 12.0. The number of rotatable bonds is 2. The van der Waals surface area contributed by atoms with Crippen LogP contribution in [-0.4, -0.2) is 46.9 Å². The van der Waals surface area contributed by atoms with Gasteiger partial charge in [-0.1, -0.05) is 42.0 Å². The van der Waals surface area contributed by atoms with Crippen LogP contribution in [0.4, 0.5) is 0 Å². The zero-order valence-electron chi connectivity index (χ0n) is 19.9. The van der Waals surface area contributed by atoms with E-state index < -0.39 is 0 Å². The van der Waals surface area contributed by atoms with E-state index in [0.717, 1.165) is 56.2 Å². The van der Waals surface area contributed by atoms with Gasteiger partial charge in [-0.3, -0.25) is 4.79 Å². The second-order valence-corrected chi connectivity index (χ2v) is 10.3. The van der Waals surface area contributed by atoms with Crippen LogP contribution in [0.25, 0.3) is 10.9 Å². The van der Waals surface area contributed by atoms with Gasteiger partial charge < -0.3 is 14.8 Å². The molecule has 1 N–H and O–H groups in total. The fourth-order valence-corrected chi connectivity index (χ4v) is 6.00. The minimum Gasteiger partial charge on any atom is -0.356 e. The van der Waals surface area contributed by atoms with Gasteiger partial charge in [0.25, 0.3) is 5.91 Å². The average molecular weight is 430 g/mol. The third-order valence-corrected chi connectivity index (χ3v) is 8.34. The number of para-hydroxylation sites is 1. The molecule has 1 aliphatic heterocycles. The summed E-state index contributed by atoms with van der Waals surface area (Å²) < 4.78 is 0. The maximum Gasteiger partial charge on any atom is 0.254 e. The van der Waals surface area contributed by atoms with E-state index in [4.69, 9.17) is 0 Å². The average Bonchev–Trinajstić information content (AvgIpc) is 3.03. The van der Waals surface area contributed by atoms with E-state index in [0.29, 0.717) is 0 Å². The quantitative estimate of drug-likeness (QED) is 0.687. The van der Waals surface area contributed by atoms with Gasteiger partial charge in [-0.25, -0.2) is 0 Å². The fraction of sp³-hybridized carbons (Fsp3) is 0.464. The Bertz CT molecular complexity index is 1140. The first-order chi connectivity index (χ1) is 15.3. The van der Waals surface area contributed by atoms with Crippen LogP contribution in [0.3, 0.4) is 0 Å². The summed E-state index contributed by atoms with van der Waals surface area (Å²) in [7, 11) is 4.38. The summed E-state index contributed by atoms with van der Waals surface area (Å²) in [6.45, 7) is 5.23. The zero-order chi connectivity index (χ0) is 22.5. The van der Waals surface area contributed by atoms with Gasteiger partial charge >= 0.3 is 0 Å². The van der Waals surface area contributed by atoms with Crippen LogP contribution in [0, 0.1) is 0 Å². The molecule has 0 radical (unpaired) electrons. The number of carbonyl (C=O) groups excluding carboxylic acids is 1. The molecule has 1 aromatic heterocycles. The second-order valence-electron chi connectivity index (χ2n) is 10.3. The number of hydrogen-bond acceptors (Lipinski definition) is 2. The highest BCUT2D eigenvalue weighted by molar-refractivity contribution is 5.98. The standard InChI is InChI=1S/C28H35N3O/c1-20-9-5-6-10-21(19-20)26(32)31-18-13-23-22-11-7-8-12-24(22)29-25(23)28(31)16-14-27(2,15-17-28)30(3)4/h5,7-12,19,29H,6,13-18H2,1-4H3. The smallest absolute Gasteiger partial charge is 0.254 e. The van der Waals surface area contributed by atoms with Gasteiger partial charge in [0.2, 0.25) is 0 Å². The maximum absolute atomic E-state index is 14.0. The molecule has 2 aromatic rings. The molecule has 3 aliphatic rings. The fourth-order valence-electron chi connectivity index (χ4n) is 6.00. The number of aromatic nitrogens is 1. The van der Waals surface area contributed by atoms with Gasteiger partial charge in [-0.05, 0) is 84.2 Å². The van der Waals surface area contributed by atoms with Crippen LogP contribution in [0.1, 0.15) is 57.2 Å². The summed E-state index contributed by atoms with van der Waals surface area (Å²) in [5, 5.41) is 1.32. The van der Waals surface area contributed by atoms with Gasteiger partial charge in [-0.15, -0.1) is 0 Å². The zero-order valence-corrected chi connectivity index (χ0v) is 19.9. The van der Waals surface area contributed by atoms with Crippen molar-refractivity contribution >= 4 is 16.8 Å².